The number of rotatable bonds is 4. The van der Waals surface area contributed by atoms with E-state index in [1.54, 1.807) is 49.6 Å². The van der Waals surface area contributed by atoms with Gasteiger partial charge in [0.15, 0.2) is 9.84 Å². The second-order valence-electron chi connectivity index (χ2n) is 8.05. The lowest BCUT2D eigenvalue weighted by atomic mass is 10.0. The number of esters is 1. The van der Waals surface area contributed by atoms with Crippen LogP contribution in [0.2, 0.25) is 0 Å². The van der Waals surface area contributed by atoms with E-state index in [0.29, 0.717) is 22.0 Å². The van der Waals surface area contributed by atoms with Crippen LogP contribution in [0.15, 0.2) is 44.5 Å². The van der Waals surface area contributed by atoms with Crippen LogP contribution in [0.25, 0.3) is 16.6 Å². The van der Waals surface area contributed by atoms with Crippen LogP contribution < -0.4 is 5.56 Å². The summed E-state index contributed by atoms with van der Waals surface area (Å²) in [4.78, 5) is 25.1. The summed E-state index contributed by atoms with van der Waals surface area (Å²) in [7, 11) is -3.86. The Morgan fingerprint density at radius 3 is 2.43 bits per heavy atom. The van der Waals surface area contributed by atoms with Gasteiger partial charge in [0.2, 0.25) is 0 Å². The Kier molecular flexibility index (Phi) is 5.72. The summed E-state index contributed by atoms with van der Waals surface area (Å²) in [5.41, 5.74) is 0.853. The summed E-state index contributed by atoms with van der Waals surface area (Å²) in [6.07, 6.45) is 1.64. The van der Waals surface area contributed by atoms with Gasteiger partial charge < -0.3 is 4.74 Å². The molecule has 9 heteroatoms. The van der Waals surface area contributed by atoms with Gasteiger partial charge in [-0.25, -0.2) is 13.2 Å². The lowest BCUT2D eigenvalue weighted by Crippen LogP contribution is -2.24. The molecule has 1 N–H and O–H groups in total. The van der Waals surface area contributed by atoms with Crippen LogP contribution in [0.4, 0.5) is 0 Å². The number of sulfone groups is 1. The maximum atomic E-state index is 12.8. The summed E-state index contributed by atoms with van der Waals surface area (Å²) < 4.78 is 32.6. The van der Waals surface area contributed by atoms with Gasteiger partial charge >= 0.3 is 5.97 Å². The number of nitrogens with zero attached hydrogens (tertiary/aromatic N) is 1. The fourth-order valence-electron chi connectivity index (χ4n) is 3.29. The van der Waals surface area contributed by atoms with Crippen molar-refractivity contribution in [3.05, 3.63) is 56.4 Å². The van der Waals surface area contributed by atoms with E-state index in [9.17, 15) is 18.0 Å². The van der Waals surface area contributed by atoms with Crippen molar-refractivity contribution in [3.63, 3.8) is 0 Å². The second kappa shape index (κ2) is 7.70. The SMILES string of the molecule is CCc1ccc2c(-c3cc(Br)cc(C(=O)OC(C)(C)C)c3)c(S(C)(=O)=O)c(=O)[nH]n12. The molecule has 3 aromatic rings. The van der Waals surface area contributed by atoms with Gasteiger partial charge in [0.25, 0.3) is 5.56 Å². The molecule has 0 atom stereocenters. The highest BCUT2D eigenvalue weighted by Crippen LogP contribution is 2.33. The fraction of sp³-hybridized carbons (Fsp3) is 0.333. The smallest absolute Gasteiger partial charge is 0.338 e. The molecule has 0 amide bonds. The van der Waals surface area contributed by atoms with Gasteiger partial charge in [-0.3, -0.25) is 14.4 Å². The lowest BCUT2D eigenvalue weighted by Gasteiger charge is -2.20. The van der Waals surface area contributed by atoms with E-state index in [1.807, 2.05) is 13.0 Å². The van der Waals surface area contributed by atoms with Gasteiger partial charge in [-0.2, -0.15) is 0 Å². The first-order valence-electron chi connectivity index (χ1n) is 9.33. The second-order valence-corrected chi connectivity index (χ2v) is 10.9. The zero-order valence-electron chi connectivity index (χ0n) is 17.4. The summed E-state index contributed by atoms with van der Waals surface area (Å²) in [6.45, 7) is 7.22. The highest BCUT2D eigenvalue weighted by atomic mass is 79.9. The van der Waals surface area contributed by atoms with Gasteiger partial charge in [-0.05, 0) is 63.1 Å². The van der Waals surface area contributed by atoms with Crippen LogP contribution in [0.5, 0.6) is 0 Å². The summed E-state index contributed by atoms with van der Waals surface area (Å²) in [6, 6.07) is 8.40. The van der Waals surface area contributed by atoms with Crippen LogP contribution in [0.3, 0.4) is 0 Å². The Bertz CT molecular complexity index is 1310. The van der Waals surface area contributed by atoms with Crippen molar-refractivity contribution >= 4 is 37.3 Å². The standard InChI is InChI=1S/C21H23BrN2O5S/c1-6-15-7-8-16-17(18(30(5,27)28)19(25)23-24(15)16)12-9-13(11-14(22)10-12)20(26)29-21(2,3)4/h7-11H,6H2,1-5H3,(H,23,25). The number of carbonyl (C=O) groups is 1. The molecule has 0 aliphatic heterocycles. The fourth-order valence-corrected chi connectivity index (χ4v) is 4.75. The Morgan fingerprint density at radius 1 is 1.20 bits per heavy atom. The molecule has 1 aromatic carbocycles. The first kappa shape index (κ1) is 22.3. The summed E-state index contributed by atoms with van der Waals surface area (Å²) in [5, 5.41) is 2.64. The Morgan fingerprint density at radius 2 is 1.87 bits per heavy atom. The highest BCUT2D eigenvalue weighted by molar-refractivity contribution is 9.10. The summed E-state index contributed by atoms with van der Waals surface area (Å²) in [5.74, 6) is -0.545. The van der Waals surface area contributed by atoms with E-state index in [4.69, 9.17) is 4.74 Å². The van der Waals surface area contributed by atoms with Gasteiger partial charge in [0.05, 0.1) is 11.1 Å². The van der Waals surface area contributed by atoms with Crippen molar-refractivity contribution in [3.8, 4) is 11.1 Å². The quantitative estimate of drug-likeness (QED) is 0.553. The van der Waals surface area contributed by atoms with Gasteiger partial charge in [-0.15, -0.1) is 0 Å². The average molecular weight is 495 g/mol. The molecule has 160 valence electrons. The molecule has 0 bridgehead atoms. The lowest BCUT2D eigenvalue weighted by molar-refractivity contribution is 0.00694. The van der Waals surface area contributed by atoms with Gasteiger partial charge in [-0.1, -0.05) is 22.9 Å². The number of halogens is 1. The average Bonchev–Trinajstić information content (AvgIpc) is 3.00. The minimum atomic E-state index is -3.86. The molecule has 0 unspecified atom stereocenters. The molecule has 0 spiro atoms. The third-order valence-corrected chi connectivity index (χ3v) is 6.01. The van der Waals surface area contributed by atoms with Crippen LogP contribution in [0.1, 0.15) is 43.7 Å². The molecule has 2 heterocycles. The minimum absolute atomic E-state index is 0.243. The van der Waals surface area contributed by atoms with Crippen LogP contribution in [-0.4, -0.2) is 35.9 Å². The maximum absolute atomic E-state index is 12.8. The molecule has 3 rings (SSSR count). The van der Waals surface area contributed by atoms with Crippen molar-refractivity contribution in [2.75, 3.05) is 6.26 Å². The van der Waals surface area contributed by atoms with Crippen LogP contribution in [0, 0.1) is 0 Å². The molecular weight excluding hydrogens is 472 g/mol. The van der Waals surface area contributed by atoms with Gasteiger partial charge in [0, 0.05) is 22.0 Å². The molecule has 0 radical (unpaired) electrons. The number of fused-ring (bicyclic) bond motifs is 1. The molecule has 0 saturated heterocycles. The highest BCUT2D eigenvalue weighted by Gasteiger charge is 2.25. The van der Waals surface area contributed by atoms with E-state index < -0.39 is 27.0 Å². The molecule has 0 fully saturated rings. The largest absolute Gasteiger partial charge is 0.456 e. The zero-order valence-corrected chi connectivity index (χ0v) is 19.8. The maximum Gasteiger partial charge on any atom is 0.338 e. The molecule has 0 aliphatic carbocycles. The van der Waals surface area contributed by atoms with E-state index in [1.165, 1.54) is 0 Å². The topological polar surface area (TPSA) is 97.7 Å². The number of hydrogen-bond donors (Lipinski definition) is 1. The molecule has 30 heavy (non-hydrogen) atoms. The van der Waals surface area contributed by atoms with Crippen molar-refractivity contribution in [2.45, 2.75) is 44.6 Å². The Hall–Kier alpha value is -2.39. The van der Waals surface area contributed by atoms with E-state index in [-0.39, 0.29) is 16.0 Å². The number of aromatic amines is 1. The van der Waals surface area contributed by atoms with E-state index in [0.717, 1.165) is 11.9 Å². The number of nitrogens with one attached hydrogen (secondary N) is 1. The third-order valence-electron chi connectivity index (χ3n) is 4.42. The van der Waals surface area contributed by atoms with Gasteiger partial charge in [0.1, 0.15) is 10.5 Å². The number of aromatic nitrogens is 2. The predicted molar refractivity (Wildman–Crippen MR) is 119 cm³/mol. The van der Waals surface area contributed by atoms with E-state index in [2.05, 4.69) is 21.0 Å². The number of H-pyrrole nitrogens is 1. The zero-order chi connectivity index (χ0) is 22.4. The first-order chi connectivity index (χ1) is 13.8. The van der Waals surface area contributed by atoms with Crippen molar-refractivity contribution in [1.29, 1.82) is 0 Å². The molecule has 0 saturated carbocycles. The number of hydrogen-bond acceptors (Lipinski definition) is 5. The van der Waals surface area contributed by atoms with Crippen molar-refractivity contribution < 1.29 is 17.9 Å². The molecule has 7 nitrogen and oxygen atoms in total. The van der Waals surface area contributed by atoms with Crippen molar-refractivity contribution in [2.24, 2.45) is 0 Å². The Labute approximate surface area is 183 Å². The van der Waals surface area contributed by atoms with Crippen LogP contribution in [-0.2, 0) is 21.0 Å². The first-order valence-corrected chi connectivity index (χ1v) is 12.0. The Balaban J connectivity index is 2.38. The van der Waals surface area contributed by atoms with Crippen molar-refractivity contribution in [1.82, 2.24) is 9.61 Å². The molecule has 2 aromatic heterocycles. The predicted octanol–water partition coefficient (Wildman–Crippen LogP) is 3.98. The number of benzene rings is 1. The molecular formula is C21H23BrN2O5S. The molecule has 0 aliphatic rings. The minimum Gasteiger partial charge on any atom is -0.456 e. The third kappa shape index (κ3) is 4.37. The monoisotopic (exact) mass is 494 g/mol. The number of carbonyl (C=O) groups excluding carboxylic acids is 1. The number of aryl methyl sites for hydroxylation is 1. The van der Waals surface area contributed by atoms with Crippen LogP contribution >= 0.6 is 15.9 Å². The number of ether oxygens (including phenoxy) is 1. The summed E-state index contributed by atoms with van der Waals surface area (Å²) >= 11 is 3.38. The normalized spacial score (nSPS) is 12.3. The van der Waals surface area contributed by atoms with E-state index >= 15 is 0 Å².